The van der Waals surface area contributed by atoms with Crippen LogP contribution in [0, 0.1) is 0 Å². The molecule has 0 rings (SSSR count). The standard InChI is InChI=1S/C69H133NO5/c1-3-5-7-9-11-13-15-16-17-32-35-38-42-45-49-53-57-61-67(72)66(65-71)70-68(73)62-58-54-50-46-43-39-36-33-30-28-26-24-22-20-18-19-21-23-25-27-29-31-34-37-40-44-48-52-56-60-64-75-69(74)63-59-55-51-47-41-14-12-10-8-6-4-2/h10,12,19,21,66-67,71-72H,3-9,11,13-18,20,22-65H2,1-2H3,(H,70,73)/b12-10-,21-19-. The molecule has 0 saturated heterocycles. The molecule has 75 heavy (non-hydrogen) atoms. The lowest BCUT2D eigenvalue weighted by Gasteiger charge is -2.22. The van der Waals surface area contributed by atoms with E-state index >= 15 is 0 Å². The summed E-state index contributed by atoms with van der Waals surface area (Å²) in [5.41, 5.74) is 0. The number of hydrogen-bond donors (Lipinski definition) is 3. The molecule has 0 aliphatic carbocycles. The first-order valence-electron chi connectivity index (χ1n) is 34.1. The van der Waals surface area contributed by atoms with Crippen molar-refractivity contribution in [3.8, 4) is 0 Å². The van der Waals surface area contributed by atoms with Gasteiger partial charge in [0.1, 0.15) is 0 Å². The number of aliphatic hydroxyl groups excluding tert-OH is 2. The predicted octanol–water partition coefficient (Wildman–Crippen LogP) is 21.8. The van der Waals surface area contributed by atoms with E-state index in [2.05, 4.69) is 43.5 Å². The molecule has 444 valence electrons. The van der Waals surface area contributed by atoms with Crippen molar-refractivity contribution in [2.24, 2.45) is 0 Å². The molecule has 6 nitrogen and oxygen atoms in total. The van der Waals surface area contributed by atoms with Crippen LogP contribution in [-0.4, -0.2) is 47.4 Å². The molecule has 6 heteroatoms. The summed E-state index contributed by atoms with van der Waals surface area (Å²) >= 11 is 0. The van der Waals surface area contributed by atoms with Crippen molar-refractivity contribution >= 4 is 11.9 Å². The Bertz CT molecular complexity index is 1170. The average molecular weight is 1060 g/mol. The fourth-order valence-electron chi connectivity index (χ4n) is 10.7. The van der Waals surface area contributed by atoms with E-state index in [0.717, 1.165) is 44.9 Å². The summed E-state index contributed by atoms with van der Waals surface area (Å²) in [7, 11) is 0. The third-order valence-corrected chi connectivity index (χ3v) is 16.0. The maximum atomic E-state index is 12.5. The molecule has 0 radical (unpaired) electrons. The summed E-state index contributed by atoms with van der Waals surface area (Å²) in [5, 5.41) is 23.4. The SMILES string of the molecule is CCCC/C=C\CCCCCCCC(=O)OCCCCCCCCCCCCCC/C=C\CCCCCCCCCCCCCCCCC(=O)NC(CO)C(O)CCCCCCCCCCCCCCCCCCC. The molecule has 0 fully saturated rings. The molecule has 3 N–H and O–H groups in total. The van der Waals surface area contributed by atoms with Gasteiger partial charge in [0.2, 0.25) is 5.91 Å². The van der Waals surface area contributed by atoms with Crippen molar-refractivity contribution in [3.63, 3.8) is 0 Å². The van der Waals surface area contributed by atoms with Crippen LogP contribution in [0.5, 0.6) is 0 Å². The Kier molecular flexibility index (Phi) is 63.4. The highest BCUT2D eigenvalue weighted by atomic mass is 16.5. The van der Waals surface area contributed by atoms with Crippen LogP contribution in [0.3, 0.4) is 0 Å². The number of nitrogens with one attached hydrogen (secondary N) is 1. The normalized spacial score (nSPS) is 12.6. The highest BCUT2D eigenvalue weighted by molar-refractivity contribution is 5.76. The quantitative estimate of drug-likeness (QED) is 0.0320. The van der Waals surface area contributed by atoms with Gasteiger partial charge in [-0.15, -0.1) is 0 Å². The lowest BCUT2D eigenvalue weighted by molar-refractivity contribution is -0.143. The number of esters is 1. The molecular formula is C69H133NO5. The van der Waals surface area contributed by atoms with Gasteiger partial charge < -0.3 is 20.3 Å². The molecule has 2 unspecified atom stereocenters. The van der Waals surface area contributed by atoms with Gasteiger partial charge in [0.25, 0.3) is 0 Å². The Morgan fingerprint density at radius 2 is 0.640 bits per heavy atom. The number of amides is 1. The number of rotatable bonds is 64. The monoisotopic (exact) mass is 1060 g/mol. The van der Waals surface area contributed by atoms with Crippen molar-refractivity contribution in [1.82, 2.24) is 5.32 Å². The van der Waals surface area contributed by atoms with Gasteiger partial charge in [-0.1, -0.05) is 321 Å². The van der Waals surface area contributed by atoms with E-state index in [1.54, 1.807) is 0 Å². The van der Waals surface area contributed by atoms with Crippen LogP contribution in [0.25, 0.3) is 0 Å². The van der Waals surface area contributed by atoms with Gasteiger partial charge in [0, 0.05) is 12.8 Å². The molecule has 0 heterocycles. The van der Waals surface area contributed by atoms with Crippen LogP contribution in [-0.2, 0) is 14.3 Å². The minimum absolute atomic E-state index is 0.00640. The van der Waals surface area contributed by atoms with Crippen LogP contribution in [0.15, 0.2) is 24.3 Å². The van der Waals surface area contributed by atoms with Crippen molar-refractivity contribution in [2.45, 2.75) is 392 Å². The van der Waals surface area contributed by atoms with Crippen molar-refractivity contribution < 1.29 is 24.5 Å². The number of carbonyl (C=O) groups is 2. The van der Waals surface area contributed by atoms with E-state index in [1.165, 1.54) is 302 Å². The highest BCUT2D eigenvalue weighted by Gasteiger charge is 2.20. The Morgan fingerprint density at radius 3 is 0.987 bits per heavy atom. The molecular weight excluding hydrogens is 923 g/mol. The van der Waals surface area contributed by atoms with Crippen LogP contribution in [0.4, 0.5) is 0 Å². The average Bonchev–Trinajstić information content (AvgIpc) is 3.41. The summed E-state index contributed by atoms with van der Waals surface area (Å²) in [6.07, 6.45) is 80.8. The predicted molar refractivity (Wildman–Crippen MR) is 329 cm³/mol. The first-order valence-corrected chi connectivity index (χ1v) is 34.1. The van der Waals surface area contributed by atoms with E-state index < -0.39 is 12.1 Å². The minimum atomic E-state index is -0.663. The van der Waals surface area contributed by atoms with E-state index in [1.807, 2.05) is 0 Å². The molecule has 0 spiro atoms. The fourth-order valence-corrected chi connectivity index (χ4v) is 10.7. The molecule has 0 aliphatic heterocycles. The van der Waals surface area contributed by atoms with Crippen LogP contribution < -0.4 is 5.32 Å². The summed E-state index contributed by atoms with van der Waals surface area (Å²) in [5.74, 6) is -0.0237. The zero-order chi connectivity index (χ0) is 54.3. The van der Waals surface area contributed by atoms with Gasteiger partial charge in [-0.25, -0.2) is 0 Å². The second kappa shape index (κ2) is 64.9. The Labute approximate surface area is 469 Å². The second-order valence-electron chi connectivity index (χ2n) is 23.5. The van der Waals surface area contributed by atoms with Crippen LogP contribution in [0.2, 0.25) is 0 Å². The second-order valence-corrected chi connectivity index (χ2v) is 23.5. The summed E-state index contributed by atoms with van der Waals surface area (Å²) < 4.78 is 5.46. The Hall–Kier alpha value is -1.66. The molecule has 0 saturated carbocycles. The van der Waals surface area contributed by atoms with E-state index in [-0.39, 0.29) is 18.5 Å². The third-order valence-electron chi connectivity index (χ3n) is 16.0. The summed E-state index contributed by atoms with van der Waals surface area (Å²) in [6, 6.07) is -0.540. The number of carbonyl (C=O) groups excluding carboxylic acids is 2. The summed E-state index contributed by atoms with van der Waals surface area (Å²) in [6.45, 7) is 4.94. The van der Waals surface area contributed by atoms with Crippen LogP contribution in [0.1, 0.15) is 380 Å². The molecule has 2 atom stereocenters. The number of hydrogen-bond acceptors (Lipinski definition) is 5. The van der Waals surface area contributed by atoms with Crippen molar-refractivity contribution in [2.75, 3.05) is 13.2 Å². The van der Waals surface area contributed by atoms with E-state index in [0.29, 0.717) is 25.9 Å². The zero-order valence-corrected chi connectivity index (χ0v) is 50.8. The van der Waals surface area contributed by atoms with Crippen molar-refractivity contribution in [3.05, 3.63) is 24.3 Å². The van der Waals surface area contributed by atoms with E-state index in [4.69, 9.17) is 4.74 Å². The lowest BCUT2D eigenvalue weighted by atomic mass is 10.0. The topological polar surface area (TPSA) is 95.9 Å². The molecule has 0 bridgehead atoms. The number of ether oxygens (including phenoxy) is 1. The number of unbranched alkanes of at least 4 members (excludes halogenated alkanes) is 49. The maximum Gasteiger partial charge on any atom is 0.305 e. The summed E-state index contributed by atoms with van der Waals surface area (Å²) in [4.78, 5) is 24.5. The Balaban J connectivity index is 3.37. The van der Waals surface area contributed by atoms with Gasteiger partial charge in [0.05, 0.1) is 25.4 Å². The minimum Gasteiger partial charge on any atom is -0.466 e. The van der Waals surface area contributed by atoms with Gasteiger partial charge in [0.15, 0.2) is 0 Å². The lowest BCUT2D eigenvalue weighted by Crippen LogP contribution is -2.45. The first kappa shape index (κ1) is 73.3. The molecule has 0 aliphatic rings. The maximum absolute atomic E-state index is 12.5. The molecule has 0 aromatic carbocycles. The third kappa shape index (κ3) is 61.4. The fraction of sp³-hybridized carbons (Fsp3) is 0.913. The Morgan fingerprint density at radius 1 is 0.360 bits per heavy atom. The van der Waals surface area contributed by atoms with Crippen LogP contribution >= 0.6 is 0 Å². The smallest absolute Gasteiger partial charge is 0.305 e. The number of allylic oxidation sites excluding steroid dienone is 4. The zero-order valence-electron chi connectivity index (χ0n) is 50.8. The largest absolute Gasteiger partial charge is 0.466 e. The van der Waals surface area contributed by atoms with Gasteiger partial charge in [-0.2, -0.15) is 0 Å². The van der Waals surface area contributed by atoms with E-state index in [9.17, 15) is 19.8 Å². The first-order chi connectivity index (χ1) is 37.0. The highest BCUT2D eigenvalue weighted by Crippen LogP contribution is 2.18. The van der Waals surface area contributed by atoms with Gasteiger partial charge in [-0.3, -0.25) is 9.59 Å². The van der Waals surface area contributed by atoms with Gasteiger partial charge in [-0.05, 0) is 70.6 Å². The number of aliphatic hydroxyl groups is 2. The molecule has 0 aromatic heterocycles. The van der Waals surface area contributed by atoms with Crippen molar-refractivity contribution in [1.29, 1.82) is 0 Å². The van der Waals surface area contributed by atoms with Gasteiger partial charge >= 0.3 is 5.97 Å². The molecule has 0 aromatic rings. The molecule has 1 amide bonds.